The standard InChI is InChI=1S/C9H7NO2S/c11-9(12)6-2-1-5-4-8(13)10-7(5)3-6/h1-4,10,13H,(H,11,12). The van der Waals surface area contributed by atoms with Crippen molar-refractivity contribution >= 4 is 29.5 Å². The van der Waals surface area contributed by atoms with E-state index >= 15 is 0 Å². The largest absolute Gasteiger partial charge is 0.478 e. The van der Waals surface area contributed by atoms with Gasteiger partial charge in [-0.2, -0.15) is 0 Å². The molecule has 0 saturated heterocycles. The molecule has 13 heavy (non-hydrogen) atoms. The number of hydrogen-bond acceptors (Lipinski definition) is 2. The summed E-state index contributed by atoms with van der Waals surface area (Å²) in [6.45, 7) is 0. The van der Waals surface area contributed by atoms with E-state index in [0.717, 1.165) is 15.9 Å². The lowest BCUT2D eigenvalue weighted by Crippen LogP contribution is -1.94. The second kappa shape index (κ2) is 2.81. The zero-order valence-corrected chi connectivity index (χ0v) is 7.51. The van der Waals surface area contributed by atoms with Gasteiger partial charge < -0.3 is 10.1 Å². The molecule has 0 saturated carbocycles. The van der Waals surface area contributed by atoms with E-state index in [0.29, 0.717) is 0 Å². The molecule has 4 heteroatoms. The zero-order valence-electron chi connectivity index (χ0n) is 6.61. The fraction of sp³-hybridized carbons (Fsp3) is 0. The lowest BCUT2D eigenvalue weighted by molar-refractivity contribution is 0.0697. The first-order valence-electron chi connectivity index (χ1n) is 3.72. The van der Waals surface area contributed by atoms with E-state index in [1.807, 2.05) is 6.07 Å². The van der Waals surface area contributed by atoms with Crippen LogP contribution in [0.1, 0.15) is 10.4 Å². The van der Waals surface area contributed by atoms with Crippen molar-refractivity contribution in [1.29, 1.82) is 0 Å². The number of aromatic carboxylic acids is 1. The maximum absolute atomic E-state index is 10.6. The van der Waals surface area contributed by atoms with Gasteiger partial charge in [0.1, 0.15) is 0 Å². The van der Waals surface area contributed by atoms with Gasteiger partial charge in [0.25, 0.3) is 0 Å². The minimum Gasteiger partial charge on any atom is -0.478 e. The number of thiol groups is 1. The third-order valence-electron chi connectivity index (χ3n) is 1.86. The Morgan fingerprint density at radius 3 is 2.85 bits per heavy atom. The number of rotatable bonds is 1. The SMILES string of the molecule is O=C(O)c1ccc2cc(S)[nH]c2c1. The molecule has 0 aliphatic rings. The molecule has 0 fully saturated rings. The number of carbonyl (C=O) groups is 1. The Hall–Kier alpha value is -1.42. The van der Waals surface area contributed by atoms with Crippen molar-refractivity contribution in [2.24, 2.45) is 0 Å². The van der Waals surface area contributed by atoms with E-state index in [1.54, 1.807) is 18.2 Å². The molecule has 0 atom stereocenters. The van der Waals surface area contributed by atoms with Crippen LogP contribution >= 0.6 is 12.6 Å². The number of nitrogens with one attached hydrogen (secondary N) is 1. The summed E-state index contributed by atoms with van der Waals surface area (Å²) >= 11 is 4.13. The van der Waals surface area contributed by atoms with Crippen LogP contribution in [0.2, 0.25) is 0 Å². The highest BCUT2D eigenvalue weighted by molar-refractivity contribution is 7.80. The highest BCUT2D eigenvalue weighted by Gasteiger charge is 2.04. The quantitative estimate of drug-likeness (QED) is 0.608. The smallest absolute Gasteiger partial charge is 0.335 e. The Morgan fingerprint density at radius 2 is 2.15 bits per heavy atom. The normalized spacial score (nSPS) is 10.5. The van der Waals surface area contributed by atoms with Gasteiger partial charge in [-0.1, -0.05) is 6.07 Å². The molecule has 1 aromatic carbocycles. The number of aromatic nitrogens is 1. The van der Waals surface area contributed by atoms with Gasteiger partial charge >= 0.3 is 5.97 Å². The number of benzene rings is 1. The summed E-state index contributed by atoms with van der Waals surface area (Å²) in [5.41, 5.74) is 1.08. The van der Waals surface area contributed by atoms with Crippen molar-refractivity contribution in [3.05, 3.63) is 29.8 Å². The molecular weight excluding hydrogens is 186 g/mol. The summed E-state index contributed by atoms with van der Waals surface area (Å²) in [5, 5.41) is 10.4. The average molecular weight is 193 g/mol. The van der Waals surface area contributed by atoms with Crippen LogP contribution in [-0.4, -0.2) is 16.1 Å². The van der Waals surface area contributed by atoms with Crippen LogP contribution in [0.4, 0.5) is 0 Å². The van der Waals surface area contributed by atoms with Crippen molar-refractivity contribution in [3.8, 4) is 0 Å². The number of fused-ring (bicyclic) bond motifs is 1. The second-order valence-electron chi connectivity index (χ2n) is 2.76. The van der Waals surface area contributed by atoms with Gasteiger partial charge in [-0.05, 0) is 18.2 Å². The Kier molecular flexibility index (Phi) is 1.77. The number of hydrogen-bond donors (Lipinski definition) is 3. The number of H-pyrrole nitrogens is 1. The van der Waals surface area contributed by atoms with E-state index < -0.39 is 5.97 Å². The molecule has 2 rings (SSSR count). The third-order valence-corrected chi connectivity index (χ3v) is 2.10. The Labute approximate surface area is 79.8 Å². The minimum absolute atomic E-state index is 0.280. The Morgan fingerprint density at radius 1 is 1.38 bits per heavy atom. The van der Waals surface area contributed by atoms with Crippen LogP contribution in [0.5, 0.6) is 0 Å². The topological polar surface area (TPSA) is 53.1 Å². The average Bonchev–Trinajstić information content (AvgIpc) is 2.42. The molecule has 1 aromatic heterocycles. The van der Waals surface area contributed by atoms with Crippen molar-refractivity contribution in [2.75, 3.05) is 0 Å². The van der Waals surface area contributed by atoms with Crippen LogP contribution in [0, 0.1) is 0 Å². The zero-order chi connectivity index (χ0) is 9.42. The molecule has 1 heterocycles. The lowest BCUT2D eigenvalue weighted by atomic mass is 10.2. The van der Waals surface area contributed by atoms with Gasteiger partial charge in [-0.25, -0.2) is 4.79 Å². The maximum Gasteiger partial charge on any atom is 0.335 e. The van der Waals surface area contributed by atoms with Crippen molar-refractivity contribution in [3.63, 3.8) is 0 Å². The molecule has 0 bridgehead atoms. The molecular formula is C9H7NO2S. The van der Waals surface area contributed by atoms with E-state index in [1.165, 1.54) is 0 Å². The van der Waals surface area contributed by atoms with Crippen molar-refractivity contribution < 1.29 is 9.90 Å². The Balaban J connectivity index is 2.67. The Bertz CT molecular complexity index is 475. The van der Waals surface area contributed by atoms with Crippen LogP contribution < -0.4 is 0 Å². The second-order valence-corrected chi connectivity index (χ2v) is 3.24. The fourth-order valence-corrected chi connectivity index (χ4v) is 1.50. The summed E-state index contributed by atoms with van der Waals surface area (Å²) < 4.78 is 0. The van der Waals surface area contributed by atoms with E-state index in [9.17, 15) is 4.79 Å². The molecule has 0 radical (unpaired) electrons. The summed E-state index contributed by atoms with van der Waals surface area (Å²) in [4.78, 5) is 13.6. The summed E-state index contributed by atoms with van der Waals surface area (Å²) in [5.74, 6) is -0.919. The van der Waals surface area contributed by atoms with Crippen LogP contribution in [-0.2, 0) is 0 Å². The first-order chi connectivity index (χ1) is 6.16. The lowest BCUT2D eigenvalue weighted by Gasteiger charge is -1.93. The first-order valence-corrected chi connectivity index (χ1v) is 4.16. The molecule has 0 aliphatic carbocycles. The van der Waals surface area contributed by atoms with Crippen LogP contribution in [0.3, 0.4) is 0 Å². The van der Waals surface area contributed by atoms with E-state index in [-0.39, 0.29) is 5.56 Å². The van der Waals surface area contributed by atoms with E-state index in [2.05, 4.69) is 17.6 Å². The van der Waals surface area contributed by atoms with E-state index in [4.69, 9.17) is 5.11 Å². The van der Waals surface area contributed by atoms with Crippen LogP contribution in [0.15, 0.2) is 29.3 Å². The monoisotopic (exact) mass is 193 g/mol. The highest BCUT2D eigenvalue weighted by Crippen LogP contribution is 2.18. The molecule has 0 amide bonds. The van der Waals surface area contributed by atoms with Gasteiger partial charge in [-0.15, -0.1) is 12.6 Å². The number of aromatic amines is 1. The highest BCUT2D eigenvalue weighted by atomic mass is 32.1. The van der Waals surface area contributed by atoms with Crippen molar-refractivity contribution in [1.82, 2.24) is 4.98 Å². The van der Waals surface area contributed by atoms with Crippen molar-refractivity contribution in [2.45, 2.75) is 5.03 Å². The number of carboxylic acid groups (broad SMARTS) is 1. The van der Waals surface area contributed by atoms with Gasteiger partial charge in [0.2, 0.25) is 0 Å². The summed E-state index contributed by atoms with van der Waals surface area (Å²) in [7, 11) is 0. The van der Waals surface area contributed by atoms with Gasteiger partial charge in [-0.3, -0.25) is 0 Å². The molecule has 0 aliphatic heterocycles. The predicted molar refractivity (Wildman–Crippen MR) is 52.5 cm³/mol. The summed E-state index contributed by atoms with van der Waals surface area (Å²) in [6.07, 6.45) is 0. The van der Waals surface area contributed by atoms with Gasteiger partial charge in [0.15, 0.2) is 0 Å². The number of carboxylic acids is 1. The third kappa shape index (κ3) is 1.40. The summed E-state index contributed by atoms with van der Waals surface area (Å²) in [6, 6.07) is 6.78. The van der Waals surface area contributed by atoms with Gasteiger partial charge in [0.05, 0.1) is 10.6 Å². The van der Waals surface area contributed by atoms with Gasteiger partial charge in [0, 0.05) is 10.9 Å². The van der Waals surface area contributed by atoms with Crippen LogP contribution in [0.25, 0.3) is 10.9 Å². The maximum atomic E-state index is 10.6. The molecule has 3 nitrogen and oxygen atoms in total. The predicted octanol–water partition coefficient (Wildman–Crippen LogP) is 2.15. The molecule has 66 valence electrons. The fourth-order valence-electron chi connectivity index (χ4n) is 1.24. The molecule has 0 spiro atoms. The minimum atomic E-state index is -0.919. The molecule has 0 unspecified atom stereocenters. The molecule has 2 aromatic rings. The first kappa shape index (κ1) is 8.19. The molecule has 2 N–H and O–H groups in total.